The minimum Gasteiger partial charge on any atom is -0.481 e. The number of hydrogen-bond donors (Lipinski definition) is 1. The van der Waals surface area contributed by atoms with Crippen LogP contribution in [-0.4, -0.2) is 29.1 Å². The zero-order valence-corrected chi connectivity index (χ0v) is 11.9. The second-order valence-corrected chi connectivity index (χ2v) is 5.70. The molecule has 2 unspecified atom stereocenters. The van der Waals surface area contributed by atoms with Crippen LogP contribution in [0.5, 0.6) is 0 Å². The fourth-order valence-corrected chi connectivity index (χ4v) is 2.94. The summed E-state index contributed by atoms with van der Waals surface area (Å²) < 4.78 is 12.9. The van der Waals surface area contributed by atoms with E-state index in [9.17, 15) is 9.18 Å². The zero-order valence-electron chi connectivity index (χ0n) is 11.9. The number of halogens is 1. The second kappa shape index (κ2) is 6.84. The molecular formula is C16H22FNO2. The molecule has 0 saturated carbocycles. The number of hydrogen-bond acceptors (Lipinski definition) is 2. The summed E-state index contributed by atoms with van der Waals surface area (Å²) in [5, 5.41) is 9.11. The van der Waals surface area contributed by atoms with Crippen molar-refractivity contribution in [3.8, 4) is 0 Å². The molecule has 20 heavy (non-hydrogen) atoms. The Bertz CT molecular complexity index is 446. The highest BCUT2D eigenvalue weighted by atomic mass is 19.1. The molecule has 0 spiro atoms. The molecule has 1 aliphatic heterocycles. The molecule has 1 heterocycles. The first-order valence-electron chi connectivity index (χ1n) is 7.28. The molecule has 0 aromatic heterocycles. The smallest absolute Gasteiger partial charge is 0.306 e. The van der Waals surface area contributed by atoms with Gasteiger partial charge in [-0.2, -0.15) is 0 Å². The van der Waals surface area contributed by atoms with E-state index < -0.39 is 5.97 Å². The fraction of sp³-hybridized carbons (Fsp3) is 0.562. The summed E-state index contributed by atoms with van der Waals surface area (Å²) in [7, 11) is 0. The van der Waals surface area contributed by atoms with E-state index in [-0.39, 0.29) is 11.7 Å². The van der Waals surface area contributed by atoms with Crippen LogP contribution in [0.1, 0.15) is 31.7 Å². The Balaban J connectivity index is 1.83. The maximum Gasteiger partial charge on any atom is 0.306 e. The molecule has 1 aliphatic rings. The highest BCUT2D eigenvalue weighted by molar-refractivity contribution is 5.69. The van der Waals surface area contributed by atoms with Crippen LogP contribution < -0.4 is 0 Å². The Morgan fingerprint density at radius 1 is 1.45 bits per heavy atom. The molecule has 4 heteroatoms. The highest BCUT2D eigenvalue weighted by Gasteiger charge is 2.27. The van der Waals surface area contributed by atoms with Gasteiger partial charge in [-0.25, -0.2) is 4.39 Å². The lowest BCUT2D eigenvalue weighted by atomic mass is 9.92. The maximum absolute atomic E-state index is 12.9. The van der Waals surface area contributed by atoms with Crippen molar-refractivity contribution < 1.29 is 14.3 Å². The molecule has 1 N–H and O–H groups in total. The molecular weight excluding hydrogens is 257 g/mol. The van der Waals surface area contributed by atoms with Crippen LogP contribution in [0.15, 0.2) is 24.3 Å². The van der Waals surface area contributed by atoms with Crippen LogP contribution in [0.2, 0.25) is 0 Å². The third-order valence-electron chi connectivity index (χ3n) is 4.15. The minimum atomic E-state index is -0.676. The Kier molecular flexibility index (Phi) is 5.12. The van der Waals surface area contributed by atoms with Gasteiger partial charge in [-0.1, -0.05) is 19.1 Å². The summed E-state index contributed by atoms with van der Waals surface area (Å²) in [5.41, 5.74) is 1.11. The first kappa shape index (κ1) is 15.0. The first-order chi connectivity index (χ1) is 9.58. The van der Waals surface area contributed by atoms with Gasteiger partial charge in [0.15, 0.2) is 0 Å². The molecule has 0 radical (unpaired) electrons. The van der Waals surface area contributed by atoms with Gasteiger partial charge in [0, 0.05) is 13.1 Å². The number of aliphatic carboxylic acids is 1. The second-order valence-electron chi connectivity index (χ2n) is 5.70. The van der Waals surface area contributed by atoms with Crippen molar-refractivity contribution in [3.05, 3.63) is 35.6 Å². The summed E-state index contributed by atoms with van der Waals surface area (Å²) in [5.74, 6) is -0.632. The van der Waals surface area contributed by atoms with E-state index in [1.165, 1.54) is 12.1 Å². The summed E-state index contributed by atoms with van der Waals surface area (Å²) in [4.78, 5) is 13.4. The van der Waals surface area contributed by atoms with E-state index in [4.69, 9.17) is 5.11 Å². The number of benzene rings is 1. The molecule has 1 saturated heterocycles. The summed E-state index contributed by atoms with van der Waals surface area (Å²) in [6.45, 7) is 4.70. The van der Waals surface area contributed by atoms with Crippen molar-refractivity contribution in [2.45, 2.75) is 32.7 Å². The fourth-order valence-electron chi connectivity index (χ4n) is 2.94. The largest absolute Gasteiger partial charge is 0.481 e. The zero-order chi connectivity index (χ0) is 14.5. The van der Waals surface area contributed by atoms with Crippen LogP contribution in [0.4, 0.5) is 4.39 Å². The van der Waals surface area contributed by atoms with Crippen LogP contribution in [0.25, 0.3) is 0 Å². The normalized spacial score (nSPS) is 21.0. The lowest BCUT2D eigenvalue weighted by molar-refractivity contribution is -0.142. The lowest BCUT2D eigenvalue weighted by Gasteiger charge is -2.18. The van der Waals surface area contributed by atoms with Crippen molar-refractivity contribution in [1.29, 1.82) is 0 Å². The summed E-state index contributed by atoms with van der Waals surface area (Å²) in [6, 6.07) is 6.60. The monoisotopic (exact) mass is 279 g/mol. The molecule has 2 atom stereocenters. The Morgan fingerprint density at radius 2 is 2.15 bits per heavy atom. The van der Waals surface area contributed by atoms with Gasteiger partial charge in [-0.3, -0.25) is 9.69 Å². The SMILES string of the molecule is CCC(CC1CCN(Cc2ccc(F)cc2)C1)C(=O)O. The number of carbonyl (C=O) groups is 1. The predicted molar refractivity (Wildman–Crippen MR) is 75.8 cm³/mol. The topological polar surface area (TPSA) is 40.5 Å². The molecule has 2 rings (SSSR count). The molecule has 3 nitrogen and oxygen atoms in total. The van der Waals surface area contributed by atoms with Gasteiger partial charge >= 0.3 is 5.97 Å². The van der Waals surface area contributed by atoms with Crippen molar-refractivity contribution in [1.82, 2.24) is 4.90 Å². The highest BCUT2D eigenvalue weighted by Crippen LogP contribution is 2.26. The Labute approximate surface area is 119 Å². The van der Waals surface area contributed by atoms with Gasteiger partial charge in [0.25, 0.3) is 0 Å². The lowest BCUT2D eigenvalue weighted by Crippen LogP contribution is -2.22. The van der Waals surface area contributed by atoms with E-state index in [0.717, 1.165) is 38.0 Å². The van der Waals surface area contributed by atoms with Crippen LogP contribution in [0, 0.1) is 17.7 Å². The maximum atomic E-state index is 12.9. The van der Waals surface area contributed by atoms with Gasteiger partial charge in [0.1, 0.15) is 5.82 Å². The quantitative estimate of drug-likeness (QED) is 0.869. The summed E-state index contributed by atoms with van der Waals surface area (Å²) >= 11 is 0. The van der Waals surface area contributed by atoms with Crippen LogP contribution in [0.3, 0.4) is 0 Å². The van der Waals surface area contributed by atoms with Gasteiger partial charge in [0.05, 0.1) is 5.92 Å². The van der Waals surface area contributed by atoms with E-state index >= 15 is 0 Å². The minimum absolute atomic E-state index is 0.208. The Hall–Kier alpha value is -1.42. The third kappa shape index (κ3) is 4.04. The molecule has 110 valence electrons. The van der Waals surface area contributed by atoms with Crippen molar-refractivity contribution >= 4 is 5.97 Å². The number of nitrogens with zero attached hydrogens (tertiary/aromatic N) is 1. The van der Waals surface area contributed by atoms with Gasteiger partial charge in [-0.05, 0) is 49.4 Å². The first-order valence-corrected chi connectivity index (χ1v) is 7.28. The van der Waals surface area contributed by atoms with E-state index in [2.05, 4.69) is 4.90 Å². The van der Waals surface area contributed by atoms with Crippen molar-refractivity contribution in [2.24, 2.45) is 11.8 Å². The predicted octanol–water partition coefficient (Wildman–Crippen LogP) is 3.15. The van der Waals surface area contributed by atoms with Crippen LogP contribution in [-0.2, 0) is 11.3 Å². The number of likely N-dealkylation sites (tertiary alicyclic amines) is 1. The standard InChI is InChI=1S/C16H22FNO2/c1-2-14(16(19)20)9-13-7-8-18(11-13)10-12-3-5-15(17)6-4-12/h3-6,13-14H,2,7-11H2,1H3,(H,19,20). The number of carboxylic acids is 1. The molecule has 1 aromatic rings. The van der Waals surface area contributed by atoms with E-state index in [0.29, 0.717) is 12.3 Å². The van der Waals surface area contributed by atoms with Gasteiger partial charge in [0.2, 0.25) is 0 Å². The average Bonchev–Trinajstić information content (AvgIpc) is 2.86. The van der Waals surface area contributed by atoms with E-state index in [1.807, 2.05) is 19.1 Å². The summed E-state index contributed by atoms with van der Waals surface area (Å²) in [6.07, 6.45) is 2.53. The van der Waals surface area contributed by atoms with Crippen molar-refractivity contribution in [2.75, 3.05) is 13.1 Å². The molecule has 1 aromatic carbocycles. The third-order valence-corrected chi connectivity index (χ3v) is 4.15. The van der Waals surface area contributed by atoms with Gasteiger partial charge in [-0.15, -0.1) is 0 Å². The average molecular weight is 279 g/mol. The van der Waals surface area contributed by atoms with Gasteiger partial charge < -0.3 is 5.11 Å². The molecule has 0 bridgehead atoms. The molecule has 0 aliphatic carbocycles. The molecule has 1 fully saturated rings. The number of rotatable bonds is 6. The number of carboxylic acid groups (broad SMARTS) is 1. The van der Waals surface area contributed by atoms with Crippen LogP contribution >= 0.6 is 0 Å². The molecule has 0 amide bonds. The Morgan fingerprint density at radius 3 is 2.75 bits per heavy atom. The van der Waals surface area contributed by atoms with Crippen molar-refractivity contribution in [3.63, 3.8) is 0 Å². The van der Waals surface area contributed by atoms with E-state index in [1.54, 1.807) is 0 Å².